The van der Waals surface area contributed by atoms with Gasteiger partial charge in [-0.1, -0.05) is 17.7 Å². The van der Waals surface area contributed by atoms with Gasteiger partial charge in [0, 0.05) is 18.8 Å². The van der Waals surface area contributed by atoms with Crippen LogP contribution in [0.3, 0.4) is 0 Å². The number of aliphatic hydroxyl groups excluding tert-OH is 1. The fraction of sp³-hybridized carbons (Fsp3) is 0.550. The smallest absolute Gasteiger partial charge is 0.221 e. The minimum absolute atomic E-state index is 0.0194. The van der Waals surface area contributed by atoms with E-state index in [4.69, 9.17) is 0 Å². The van der Waals surface area contributed by atoms with E-state index in [0.29, 0.717) is 0 Å². The summed E-state index contributed by atoms with van der Waals surface area (Å²) in [5, 5.41) is 11.9. The molecule has 25 heavy (non-hydrogen) atoms. The SMILES string of the molecule is Cc1cc(C)c(C2C(=O)CC(CC(=O)NC(C)(C)CO)C2=O)c(C)c1. The van der Waals surface area contributed by atoms with Crippen molar-refractivity contribution in [3.63, 3.8) is 0 Å². The normalized spacial score (nSPS) is 20.9. The van der Waals surface area contributed by atoms with Gasteiger partial charge >= 0.3 is 0 Å². The third kappa shape index (κ3) is 4.15. The van der Waals surface area contributed by atoms with Crippen LogP contribution in [0.25, 0.3) is 0 Å². The number of amides is 1. The van der Waals surface area contributed by atoms with Crippen molar-refractivity contribution in [3.8, 4) is 0 Å². The topological polar surface area (TPSA) is 83.5 Å². The number of Topliss-reactive ketones (excluding diaryl/α,β-unsaturated/α-hetero) is 2. The number of carbonyl (C=O) groups excluding carboxylic acids is 3. The molecule has 1 fully saturated rings. The van der Waals surface area contributed by atoms with Gasteiger partial charge in [0.1, 0.15) is 11.7 Å². The van der Waals surface area contributed by atoms with Crippen LogP contribution in [0, 0.1) is 26.7 Å². The van der Waals surface area contributed by atoms with Crippen molar-refractivity contribution < 1.29 is 19.5 Å². The van der Waals surface area contributed by atoms with Gasteiger partial charge in [-0.05, 0) is 51.3 Å². The molecule has 1 amide bonds. The number of ketones is 2. The van der Waals surface area contributed by atoms with Crippen molar-refractivity contribution in [1.82, 2.24) is 5.32 Å². The Bertz CT molecular complexity index is 697. The maximum Gasteiger partial charge on any atom is 0.221 e. The Morgan fingerprint density at radius 3 is 2.28 bits per heavy atom. The molecule has 0 spiro atoms. The molecule has 2 atom stereocenters. The number of benzene rings is 1. The molecular weight excluding hydrogens is 318 g/mol. The Balaban J connectivity index is 2.20. The molecule has 2 N–H and O–H groups in total. The molecule has 0 heterocycles. The highest BCUT2D eigenvalue weighted by Gasteiger charge is 2.44. The lowest BCUT2D eigenvalue weighted by atomic mass is 9.86. The predicted octanol–water partition coefficient (Wildman–Crippen LogP) is 2.13. The van der Waals surface area contributed by atoms with E-state index < -0.39 is 17.4 Å². The molecule has 0 radical (unpaired) electrons. The zero-order valence-corrected chi connectivity index (χ0v) is 15.6. The van der Waals surface area contributed by atoms with Crippen molar-refractivity contribution in [1.29, 1.82) is 0 Å². The summed E-state index contributed by atoms with van der Waals surface area (Å²) in [6.45, 7) is 9.03. The number of aryl methyl sites for hydroxylation is 3. The highest BCUT2D eigenvalue weighted by atomic mass is 16.3. The maximum atomic E-state index is 12.8. The van der Waals surface area contributed by atoms with Gasteiger partial charge in [0.2, 0.25) is 5.91 Å². The second kappa shape index (κ2) is 7.08. The summed E-state index contributed by atoms with van der Waals surface area (Å²) in [7, 11) is 0. The molecule has 2 unspecified atom stereocenters. The van der Waals surface area contributed by atoms with Crippen LogP contribution in [0.1, 0.15) is 54.9 Å². The molecule has 1 saturated carbocycles. The van der Waals surface area contributed by atoms with Crippen LogP contribution >= 0.6 is 0 Å². The summed E-state index contributed by atoms with van der Waals surface area (Å²) >= 11 is 0. The Kier molecular flexibility index (Phi) is 5.47. The second-order valence-electron chi connectivity index (χ2n) is 7.81. The number of rotatable bonds is 5. The predicted molar refractivity (Wildman–Crippen MR) is 95.4 cm³/mol. The van der Waals surface area contributed by atoms with E-state index in [1.807, 2.05) is 32.9 Å². The van der Waals surface area contributed by atoms with E-state index in [1.54, 1.807) is 13.8 Å². The Morgan fingerprint density at radius 2 is 1.76 bits per heavy atom. The first-order chi connectivity index (χ1) is 11.6. The second-order valence-corrected chi connectivity index (χ2v) is 7.81. The Morgan fingerprint density at radius 1 is 1.20 bits per heavy atom. The fourth-order valence-electron chi connectivity index (χ4n) is 3.67. The van der Waals surface area contributed by atoms with Crippen LogP contribution in [-0.2, 0) is 14.4 Å². The zero-order valence-electron chi connectivity index (χ0n) is 15.6. The van der Waals surface area contributed by atoms with Crippen LogP contribution in [-0.4, -0.2) is 34.7 Å². The molecule has 5 heteroatoms. The summed E-state index contributed by atoms with van der Waals surface area (Å²) in [4.78, 5) is 37.5. The van der Waals surface area contributed by atoms with Crippen molar-refractivity contribution >= 4 is 17.5 Å². The van der Waals surface area contributed by atoms with E-state index in [0.717, 1.165) is 22.3 Å². The van der Waals surface area contributed by atoms with E-state index in [2.05, 4.69) is 5.32 Å². The Labute approximate surface area is 148 Å². The maximum absolute atomic E-state index is 12.8. The first-order valence-corrected chi connectivity index (χ1v) is 8.62. The average Bonchev–Trinajstić information content (AvgIpc) is 2.73. The molecule has 2 rings (SSSR count). The van der Waals surface area contributed by atoms with E-state index in [1.165, 1.54) is 0 Å². The molecule has 5 nitrogen and oxygen atoms in total. The van der Waals surface area contributed by atoms with E-state index >= 15 is 0 Å². The van der Waals surface area contributed by atoms with Crippen LogP contribution in [0.2, 0.25) is 0 Å². The number of hydrogen-bond acceptors (Lipinski definition) is 4. The van der Waals surface area contributed by atoms with Gasteiger partial charge in [0.25, 0.3) is 0 Å². The largest absolute Gasteiger partial charge is 0.394 e. The lowest BCUT2D eigenvalue weighted by Crippen LogP contribution is -2.46. The van der Waals surface area contributed by atoms with Crippen LogP contribution < -0.4 is 5.32 Å². The van der Waals surface area contributed by atoms with Crippen molar-refractivity contribution in [3.05, 3.63) is 34.4 Å². The van der Waals surface area contributed by atoms with Crippen LogP contribution in [0.5, 0.6) is 0 Å². The molecule has 136 valence electrons. The lowest BCUT2D eigenvalue weighted by molar-refractivity contribution is -0.129. The molecule has 1 aliphatic carbocycles. The van der Waals surface area contributed by atoms with Crippen molar-refractivity contribution in [2.24, 2.45) is 5.92 Å². The Hall–Kier alpha value is -2.01. The average molecular weight is 345 g/mol. The molecule has 0 aromatic heterocycles. The highest BCUT2D eigenvalue weighted by molar-refractivity contribution is 6.15. The van der Waals surface area contributed by atoms with Gasteiger partial charge < -0.3 is 10.4 Å². The molecular formula is C20H27NO4. The number of aliphatic hydroxyl groups is 1. The standard InChI is InChI=1S/C20H27NO4/c1-11-6-12(2)17(13(3)7-11)18-15(23)8-14(19(18)25)9-16(24)21-20(4,5)10-22/h6-7,14,18,22H,8-10H2,1-5H3,(H,21,24). The quantitative estimate of drug-likeness (QED) is 0.801. The molecule has 0 saturated heterocycles. The summed E-state index contributed by atoms with van der Waals surface area (Å²) in [5.41, 5.74) is 3.02. The molecule has 1 aromatic carbocycles. The third-order valence-corrected chi connectivity index (χ3v) is 4.79. The van der Waals surface area contributed by atoms with Gasteiger partial charge in [-0.25, -0.2) is 0 Å². The van der Waals surface area contributed by atoms with Gasteiger partial charge in [-0.15, -0.1) is 0 Å². The van der Waals surface area contributed by atoms with Gasteiger partial charge in [0.05, 0.1) is 12.1 Å². The zero-order chi connectivity index (χ0) is 18.9. The summed E-state index contributed by atoms with van der Waals surface area (Å²) < 4.78 is 0. The summed E-state index contributed by atoms with van der Waals surface area (Å²) in [6, 6.07) is 3.96. The first-order valence-electron chi connectivity index (χ1n) is 8.62. The number of hydrogen-bond donors (Lipinski definition) is 2. The van der Waals surface area contributed by atoms with E-state index in [9.17, 15) is 19.5 Å². The minimum Gasteiger partial charge on any atom is -0.394 e. The van der Waals surface area contributed by atoms with Gasteiger partial charge in [-0.3, -0.25) is 14.4 Å². The summed E-state index contributed by atoms with van der Waals surface area (Å²) in [5.74, 6) is -1.95. The molecule has 0 aliphatic heterocycles. The monoisotopic (exact) mass is 345 g/mol. The summed E-state index contributed by atoms with van der Waals surface area (Å²) in [6.07, 6.45) is 0.0810. The van der Waals surface area contributed by atoms with Crippen molar-refractivity contribution in [2.45, 2.75) is 58.9 Å². The molecule has 1 aromatic rings. The van der Waals surface area contributed by atoms with E-state index in [-0.39, 0.29) is 36.9 Å². The third-order valence-electron chi connectivity index (χ3n) is 4.79. The lowest BCUT2D eigenvalue weighted by Gasteiger charge is -2.24. The highest BCUT2D eigenvalue weighted by Crippen LogP contribution is 2.37. The van der Waals surface area contributed by atoms with Gasteiger partial charge in [-0.2, -0.15) is 0 Å². The fourth-order valence-corrected chi connectivity index (χ4v) is 3.67. The molecule has 0 bridgehead atoms. The van der Waals surface area contributed by atoms with Crippen LogP contribution in [0.4, 0.5) is 0 Å². The number of carbonyl (C=O) groups is 3. The number of nitrogens with one attached hydrogen (secondary N) is 1. The van der Waals surface area contributed by atoms with Crippen LogP contribution in [0.15, 0.2) is 12.1 Å². The molecule has 1 aliphatic rings. The van der Waals surface area contributed by atoms with Crippen molar-refractivity contribution in [2.75, 3.05) is 6.61 Å². The van der Waals surface area contributed by atoms with Gasteiger partial charge in [0.15, 0.2) is 5.78 Å². The minimum atomic E-state index is -0.760. The first kappa shape index (κ1) is 19.3.